The van der Waals surface area contributed by atoms with E-state index in [0.29, 0.717) is 22.5 Å². The van der Waals surface area contributed by atoms with Crippen LogP contribution in [0.3, 0.4) is 0 Å². The molecule has 3 rings (SSSR count). The Bertz CT molecular complexity index is 396. The molecular formula is C17H28O. The molecule has 3 saturated carbocycles. The van der Waals surface area contributed by atoms with E-state index in [0.717, 1.165) is 24.7 Å². The average Bonchev–Trinajstić information content (AvgIpc) is 2.71. The van der Waals surface area contributed by atoms with Gasteiger partial charge < -0.3 is 0 Å². The molecule has 0 aromatic heterocycles. The number of hydrogen-bond donors (Lipinski definition) is 0. The topological polar surface area (TPSA) is 17.1 Å². The summed E-state index contributed by atoms with van der Waals surface area (Å²) < 4.78 is 0. The third kappa shape index (κ3) is 1.17. The van der Waals surface area contributed by atoms with E-state index >= 15 is 0 Å². The molecule has 2 bridgehead atoms. The van der Waals surface area contributed by atoms with Crippen LogP contribution >= 0.6 is 0 Å². The van der Waals surface area contributed by atoms with Gasteiger partial charge in [-0.2, -0.15) is 0 Å². The van der Waals surface area contributed by atoms with Crippen molar-refractivity contribution in [2.75, 3.05) is 0 Å². The van der Waals surface area contributed by atoms with Crippen LogP contribution in [0, 0.1) is 34.0 Å². The monoisotopic (exact) mass is 248 g/mol. The molecule has 1 spiro atoms. The summed E-state index contributed by atoms with van der Waals surface area (Å²) in [5.74, 6) is 2.74. The fourth-order valence-electron chi connectivity index (χ4n) is 6.23. The number of fused-ring (bicyclic) bond motifs is 1. The second kappa shape index (κ2) is 3.41. The van der Waals surface area contributed by atoms with Crippen molar-refractivity contribution in [3.8, 4) is 0 Å². The predicted molar refractivity (Wildman–Crippen MR) is 74.2 cm³/mol. The summed E-state index contributed by atoms with van der Waals surface area (Å²) in [5.41, 5.74) is 0.695. The number of ketones is 1. The number of carbonyl (C=O) groups is 1. The van der Waals surface area contributed by atoms with Crippen LogP contribution in [0.5, 0.6) is 0 Å². The maximum absolute atomic E-state index is 12.8. The SMILES string of the molecule is CCC1(C)C(=O)CC23CC1C(C)(C)C2CCC3C. The standard InChI is InChI=1S/C17H28O/c1-6-16(5)13-9-17(10-14(16)18)11(2)7-8-12(17)15(13,3)4/h11-13H,6-10H2,1-5H3. The van der Waals surface area contributed by atoms with Gasteiger partial charge in [0.05, 0.1) is 0 Å². The summed E-state index contributed by atoms with van der Waals surface area (Å²) in [6.45, 7) is 11.8. The zero-order valence-electron chi connectivity index (χ0n) is 12.7. The van der Waals surface area contributed by atoms with E-state index in [2.05, 4.69) is 34.6 Å². The highest BCUT2D eigenvalue weighted by molar-refractivity contribution is 5.87. The average molecular weight is 248 g/mol. The fraction of sp³-hybridized carbons (Fsp3) is 0.941. The predicted octanol–water partition coefficient (Wildman–Crippen LogP) is 4.45. The van der Waals surface area contributed by atoms with Crippen molar-refractivity contribution >= 4 is 5.78 Å². The van der Waals surface area contributed by atoms with Crippen molar-refractivity contribution < 1.29 is 4.79 Å². The Morgan fingerprint density at radius 3 is 2.44 bits per heavy atom. The van der Waals surface area contributed by atoms with Crippen LogP contribution in [0.2, 0.25) is 0 Å². The van der Waals surface area contributed by atoms with Gasteiger partial charge in [-0.1, -0.05) is 34.6 Å². The number of Topliss-reactive ketones (excluding diaryl/α,β-unsaturated/α-hetero) is 1. The van der Waals surface area contributed by atoms with E-state index in [-0.39, 0.29) is 5.41 Å². The number of carbonyl (C=O) groups excluding carboxylic acids is 1. The number of rotatable bonds is 1. The zero-order valence-corrected chi connectivity index (χ0v) is 12.7. The molecule has 0 heterocycles. The lowest BCUT2D eigenvalue weighted by molar-refractivity contribution is -0.139. The van der Waals surface area contributed by atoms with Crippen molar-refractivity contribution in [1.82, 2.24) is 0 Å². The van der Waals surface area contributed by atoms with Gasteiger partial charge in [-0.3, -0.25) is 4.79 Å². The van der Waals surface area contributed by atoms with Gasteiger partial charge in [0.25, 0.3) is 0 Å². The molecule has 102 valence electrons. The molecule has 0 N–H and O–H groups in total. The van der Waals surface area contributed by atoms with Crippen molar-refractivity contribution in [3.63, 3.8) is 0 Å². The van der Waals surface area contributed by atoms with E-state index in [1.807, 2.05) is 0 Å². The lowest BCUT2D eigenvalue weighted by atomic mass is 9.57. The summed E-state index contributed by atoms with van der Waals surface area (Å²) in [4.78, 5) is 12.8. The third-order valence-corrected chi connectivity index (χ3v) is 7.57. The van der Waals surface area contributed by atoms with Gasteiger partial charge in [-0.05, 0) is 54.3 Å². The second-order valence-electron chi connectivity index (χ2n) is 8.21. The highest BCUT2D eigenvalue weighted by Crippen LogP contribution is 2.74. The molecule has 0 aromatic carbocycles. The largest absolute Gasteiger partial charge is 0.299 e. The van der Waals surface area contributed by atoms with Gasteiger partial charge >= 0.3 is 0 Å². The van der Waals surface area contributed by atoms with Crippen molar-refractivity contribution in [2.24, 2.45) is 34.0 Å². The Morgan fingerprint density at radius 1 is 1.17 bits per heavy atom. The van der Waals surface area contributed by atoms with Gasteiger partial charge in [0, 0.05) is 11.8 Å². The van der Waals surface area contributed by atoms with E-state index < -0.39 is 0 Å². The number of hydrogen-bond acceptors (Lipinski definition) is 1. The van der Waals surface area contributed by atoms with Crippen LogP contribution in [0.4, 0.5) is 0 Å². The Hall–Kier alpha value is -0.330. The summed E-state index contributed by atoms with van der Waals surface area (Å²) in [6.07, 6.45) is 5.93. The van der Waals surface area contributed by atoms with Crippen LogP contribution in [-0.4, -0.2) is 5.78 Å². The molecule has 18 heavy (non-hydrogen) atoms. The van der Waals surface area contributed by atoms with E-state index in [9.17, 15) is 4.79 Å². The molecule has 1 nitrogen and oxygen atoms in total. The molecule has 0 amide bonds. The van der Waals surface area contributed by atoms with Crippen molar-refractivity contribution in [3.05, 3.63) is 0 Å². The second-order valence-corrected chi connectivity index (χ2v) is 8.21. The molecule has 5 atom stereocenters. The Balaban J connectivity index is 2.12. The highest BCUT2D eigenvalue weighted by Gasteiger charge is 2.69. The molecule has 3 aliphatic carbocycles. The minimum Gasteiger partial charge on any atom is -0.299 e. The summed E-state index contributed by atoms with van der Waals surface area (Å²) in [6, 6.07) is 0. The van der Waals surface area contributed by atoms with Crippen LogP contribution in [-0.2, 0) is 4.79 Å². The first-order valence-electron chi connectivity index (χ1n) is 7.82. The molecule has 0 aliphatic heterocycles. The fourth-order valence-corrected chi connectivity index (χ4v) is 6.23. The summed E-state index contributed by atoms with van der Waals surface area (Å²) in [5, 5.41) is 0. The minimum absolute atomic E-state index is 0.0428. The van der Waals surface area contributed by atoms with Gasteiger partial charge in [0.15, 0.2) is 0 Å². The summed E-state index contributed by atoms with van der Waals surface area (Å²) in [7, 11) is 0. The third-order valence-electron chi connectivity index (χ3n) is 7.57. The first-order valence-corrected chi connectivity index (χ1v) is 7.82. The molecule has 3 aliphatic rings. The zero-order chi connectivity index (χ0) is 13.3. The van der Waals surface area contributed by atoms with E-state index in [4.69, 9.17) is 0 Å². The summed E-state index contributed by atoms with van der Waals surface area (Å²) >= 11 is 0. The first-order chi connectivity index (χ1) is 8.29. The van der Waals surface area contributed by atoms with Crippen molar-refractivity contribution in [1.29, 1.82) is 0 Å². The van der Waals surface area contributed by atoms with Crippen LogP contribution in [0.15, 0.2) is 0 Å². The lowest BCUT2D eigenvalue weighted by Gasteiger charge is -2.46. The molecule has 0 radical (unpaired) electrons. The van der Waals surface area contributed by atoms with Crippen LogP contribution < -0.4 is 0 Å². The minimum atomic E-state index is -0.0428. The maximum atomic E-state index is 12.8. The maximum Gasteiger partial charge on any atom is 0.139 e. The van der Waals surface area contributed by atoms with Gasteiger partial charge in [0.1, 0.15) is 5.78 Å². The molecule has 3 fully saturated rings. The molecular weight excluding hydrogens is 220 g/mol. The Morgan fingerprint density at radius 2 is 1.83 bits per heavy atom. The normalized spacial score (nSPS) is 53.6. The van der Waals surface area contributed by atoms with Gasteiger partial charge in [-0.25, -0.2) is 0 Å². The lowest BCUT2D eigenvalue weighted by Crippen LogP contribution is -2.45. The smallest absolute Gasteiger partial charge is 0.139 e. The van der Waals surface area contributed by atoms with Crippen LogP contribution in [0.1, 0.15) is 66.7 Å². The highest BCUT2D eigenvalue weighted by atomic mass is 16.1. The quantitative estimate of drug-likeness (QED) is 0.670. The molecule has 5 unspecified atom stereocenters. The van der Waals surface area contributed by atoms with Crippen LogP contribution in [0.25, 0.3) is 0 Å². The molecule has 0 aromatic rings. The van der Waals surface area contributed by atoms with E-state index in [1.165, 1.54) is 19.3 Å². The van der Waals surface area contributed by atoms with Crippen molar-refractivity contribution in [2.45, 2.75) is 66.7 Å². The van der Waals surface area contributed by atoms with E-state index in [1.54, 1.807) is 0 Å². The van der Waals surface area contributed by atoms with Gasteiger partial charge in [-0.15, -0.1) is 0 Å². The Labute approximate surface area is 112 Å². The van der Waals surface area contributed by atoms with Gasteiger partial charge in [0.2, 0.25) is 0 Å². The first kappa shape index (κ1) is 12.7. The molecule has 0 saturated heterocycles. The molecule has 1 heteroatoms. The Kier molecular flexibility index (Phi) is 2.40.